The Hall–Kier alpha value is -0.780. The topological polar surface area (TPSA) is 71.2 Å². The third kappa shape index (κ3) is 2.17. The van der Waals surface area contributed by atoms with E-state index in [0.717, 1.165) is 11.4 Å². The Morgan fingerprint density at radius 2 is 2.36 bits per heavy atom. The summed E-state index contributed by atoms with van der Waals surface area (Å²) in [6.45, 7) is 1.52. The fourth-order valence-electron chi connectivity index (χ4n) is 1.40. The molecular weight excluding hydrogens is 198 g/mol. The SMILES string of the molecule is Nc1ccc(SC2CNCC2O)cn1. The molecule has 1 aromatic rings. The number of nitrogens with two attached hydrogens (primary N) is 1. The fraction of sp³-hybridized carbons (Fsp3) is 0.444. The summed E-state index contributed by atoms with van der Waals surface area (Å²) >= 11 is 1.64. The van der Waals surface area contributed by atoms with Crippen LogP contribution in [0.15, 0.2) is 23.2 Å². The van der Waals surface area contributed by atoms with Gasteiger partial charge in [-0.05, 0) is 12.1 Å². The van der Waals surface area contributed by atoms with Gasteiger partial charge in [0, 0.05) is 29.4 Å². The van der Waals surface area contributed by atoms with E-state index < -0.39 is 0 Å². The summed E-state index contributed by atoms with van der Waals surface area (Å²) in [6, 6.07) is 3.70. The molecule has 4 nitrogen and oxygen atoms in total. The Kier molecular flexibility index (Phi) is 2.90. The highest BCUT2D eigenvalue weighted by molar-refractivity contribution is 8.00. The van der Waals surface area contributed by atoms with Gasteiger partial charge < -0.3 is 16.2 Å². The van der Waals surface area contributed by atoms with Crippen LogP contribution in [-0.4, -0.2) is 34.5 Å². The second-order valence-corrected chi connectivity index (χ2v) is 4.61. The van der Waals surface area contributed by atoms with E-state index in [-0.39, 0.29) is 11.4 Å². The number of aromatic nitrogens is 1. The van der Waals surface area contributed by atoms with Crippen molar-refractivity contribution in [2.75, 3.05) is 18.8 Å². The number of aliphatic hydroxyl groups is 1. The quantitative estimate of drug-likeness (QED) is 0.646. The summed E-state index contributed by atoms with van der Waals surface area (Å²) in [7, 11) is 0. The molecule has 0 amide bonds. The Balaban J connectivity index is 2.00. The van der Waals surface area contributed by atoms with Crippen LogP contribution in [0.2, 0.25) is 0 Å². The Bertz CT molecular complexity index is 303. The molecule has 0 aromatic carbocycles. The molecule has 0 aliphatic carbocycles. The summed E-state index contributed by atoms with van der Waals surface area (Å²) in [6.07, 6.45) is 1.47. The molecule has 1 aliphatic rings. The van der Waals surface area contributed by atoms with Gasteiger partial charge in [0.15, 0.2) is 0 Å². The number of hydrogen-bond donors (Lipinski definition) is 3. The second-order valence-electron chi connectivity index (χ2n) is 3.30. The molecule has 5 heteroatoms. The van der Waals surface area contributed by atoms with Crippen molar-refractivity contribution in [3.05, 3.63) is 18.3 Å². The van der Waals surface area contributed by atoms with Crippen LogP contribution >= 0.6 is 11.8 Å². The summed E-state index contributed by atoms with van der Waals surface area (Å²) in [5, 5.41) is 12.9. The van der Waals surface area contributed by atoms with Gasteiger partial charge in [-0.1, -0.05) is 0 Å². The van der Waals surface area contributed by atoms with Gasteiger partial charge in [0.25, 0.3) is 0 Å². The van der Waals surface area contributed by atoms with Crippen LogP contribution in [0, 0.1) is 0 Å². The molecule has 76 valence electrons. The van der Waals surface area contributed by atoms with Gasteiger partial charge in [0.1, 0.15) is 5.82 Å². The van der Waals surface area contributed by atoms with Gasteiger partial charge in [-0.25, -0.2) is 4.98 Å². The minimum atomic E-state index is -0.266. The molecule has 2 unspecified atom stereocenters. The summed E-state index contributed by atoms with van der Waals surface area (Å²) in [5.74, 6) is 0.527. The monoisotopic (exact) mass is 211 g/mol. The number of pyridine rings is 1. The number of nitrogen functional groups attached to an aromatic ring is 1. The van der Waals surface area contributed by atoms with Crippen molar-refractivity contribution >= 4 is 17.6 Å². The minimum Gasteiger partial charge on any atom is -0.391 e. The molecule has 4 N–H and O–H groups in total. The normalized spacial score (nSPS) is 26.6. The number of anilines is 1. The summed E-state index contributed by atoms with van der Waals surface area (Å²) < 4.78 is 0. The van der Waals surface area contributed by atoms with Crippen LogP contribution in [0.3, 0.4) is 0 Å². The summed E-state index contributed by atoms with van der Waals surface area (Å²) in [4.78, 5) is 5.05. The molecule has 0 bridgehead atoms. The van der Waals surface area contributed by atoms with Crippen LogP contribution in [0.25, 0.3) is 0 Å². The molecular formula is C9H13N3OS. The van der Waals surface area contributed by atoms with Crippen molar-refractivity contribution in [3.8, 4) is 0 Å². The van der Waals surface area contributed by atoms with Crippen LogP contribution < -0.4 is 11.1 Å². The molecule has 0 radical (unpaired) electrons. The lowest BCUT2D eigenvalue weighted by Crippen LogP contribution is -2.19. The number of rotatable bonds is 2. The highest BCUT2D eigenvalue weighted by atomic mass is 32.2. The van der Waals surface area contributed by atoms with Gasteiger partial charge in [0.2, 0.25) is 0 Å². The number of β-amino-alcohol motifs (C(OH)–C–C–N with tert-alkyl or cyclic N) is 1. The van der Waals surface area contributed by atoms with Crippen LogP contribution in [0.4, 0.5) is 5.82 Å². The van der Waals surface area contributed by atoms with E-state index in [0.29, 0.717) is 12.4 Å². The number of aliphatic hydroxyl groups excluding tert-OH is 1. The van der Waals surface area contributed by atoms with E-state index >= 15 is 0 Å². The molecule has 1 fully saturated rings. The van der Waals surface area contributed by atoms with Crippen molar-refractivity contribution in [2.45, 2.75) is 16.2 Å². The highest BCUT2D eigenvalue weighted by Crippen LogP contribution is 2.26. The zero-order valence-electron chi connectivity index (χ0n) is 7.68. The Morgan fingerprint density at radius 3 is 2.93 bits per heavy atom. The first kappa shape index (κ1) is 9.76. The highest BCUT2D eigenvalue weighted by Gasteiger charge is 2.25. The van der Waals surface area contributed by atoms with Crippen molar-refractivity contribution in [1.29, 1.82) is 0 Å². The first-order valence-corrected chi connectivity index (χ1v) is 5.40. The predicted molar refractivity (Wildman–Crippen MR) is 57.2 cm³/mol. The molecule has 2 atom stereocenters. The number of nitrogens with zero attached hydrogens (tertiary/aromatic N) is 1. The van der Waals surface area contributed by atoms with Gasteiger partial charge in [-0.2, -0.15) is 0 Å². The van der Waals surface area contributed by atoms with E-state index in [4.69, 9.17) is 5.73 Å². The zero-order valence-corrected chi connectivity index (χ0v) is 8.50. The maximum atomic E-state index is 9.58. The minimum absolute atomic E-state index is 0.223. The zero-order chi connectivity index (χ0) is 9.97. The van der Waals surface area contributed by atoms with Gasteiger partial charge in [-0.3, -0.25) is 0 Å². The average molecular weight is 211 g/mol. The standard InChI is InChI=1S/C9H13N3OS/c10-9-2-1-6(3-12-9)14-8-5-11-4-7(8)13/h1-3,7-8,11,13H,4-5H2,(H2,10,12). The van der Waals surface area contributed by atoms with Gasteiger partial charge in [0.05, 0.1) is 6.10 Å². The molecule has 2 heterocycles. The number of nitrogens with one attached hydrogen (secondary N) is 1. The summed E-state index contributed by atoms with van der Waals surface area (Å²) in [5.41, 5.74) is 5.48. The largest absolute Gasteiger partial charge is 0.391 e. The van der Waals surface area contributed by atoms with Gasteiger partial charge >= 0.3 is 0 Å². The second kappa shape index (κ2) is 4.16. The lowest BCUT2D eigenvalue weighted by molar-refractivity contribution is 0.201. The molecule has 2 rings (SSSR count). The third-order valence-corrected chi connectivity index (χ3v) is 3.47. The maximum Gasteiger partial charge on any atom is 0.123 e. The van der Waals surface area contributed by atoms with Crippen LogP contribution in [0.1, 0.15) is 0 Å². The van der Waals surface area contributed by atoms with Crippen LogP contribution in [0.5, 0.6) is 0 Å². The van der Waals surface area contributed by atoms with Crippen molar-refractivity contribution < 1.29 is 5.11 Å². The predicted octanol–water partition coefficient (Wildman–Crippen LogP) is 0.0886. The third-order valence-electron chi connectivity index (χ3n) is 2.17. The van der Waals surface area contributed by atoms with Crippen molar-refractivity contribution in [1.82, 2.24) is 10.3 Å². The molecule has 0 saturated carbocycles. The Labute approximate surface area is 86.9 Å². The van der Waals surface area contributed by atoms with E-state index in [1.807, 2.05) is 6.07 Å². The van der Waals surface area contributed by atoms with E-state index in [9.17, 15) is 5.11 Å². The molecule has 1 aliphatic heterocycles. The smallest absolute Gasteiger partial charge is 0.123 e. The number of hydrogen-bond acceptors (Lipinski definition) is 5. The number of thioether (sulfide) groups is 1. The van der Waals surface area contributed by atoms with Crippen molar-refractivity contribution in [3.63, 3.8) is 0 Å². The maximum absolute atomic E-state index is 9.58. The van der Waals surface area contributed by atoms with E-state index in [1.165, 1.54) is 0 Å². The average Bonchev–Trinajstić information content (AvgIpc) is 2.56. The van der Waals surface area contributed by atoms with E-state index in [1.54, 1.807) is 24.0 Å². The fourth-order valence-corrected chi connectivity index (χ4v) is 2.46. The van der Waals surface area contributed by atoms with Gasteiger partial charge in [-0.15, -0.1) is 11.8 Å². The lowest BCUT2D eigenvalue weighted by Gasteiger charge is -2.12. The van der Waals surface area contributed by atoms with Crippen LogP contribution in [-0.2, 0) is 0 Å². The first-order valence-electron chi connectivity index (χ1n) is 4.52. The van der Waals surface area contributed by atoms with Crippen molar-refractivity contribution in [2.24, 2.45) is 0 Å². The molecule has 1 aromatic heterocycles. The first-order chi connectivity index (χ1) is 6.75. The molecule has 0 spiro atoms. The Morgan fingerprint density at radius 1 is 1.50 bits per heavy atom. The molecule has 14 heavy (non-hydrogen) atoms. The van der Waals surface area contributed by atoms with E-state index in [2.05, 4.69) is 10.3 Å². The molecule has 1 saturated heterocycles. The lowest BCUT2D eigenvalue weighted by atomic mass is 10.3.